The third-order valence-corrected chi connectivity index (χ3v) is 4.85. The van der Waals surface area contributed by atoms with E-state index in [-0.39, 0.29) is 22.5 Å². The summed E-state index contributed by atoms with van der Waals surface area (Å²) in [5.74, 6) is -3.17. The summed E-state index contributed by atoms with van der Waals surface area (Å²) < 4.78 is 61.2. The molecular weight excluding hydrogens is 453 g/mol. The SMILES string of the molecule is COC(=O)COc1ccc2c(=O)c(Oc3ccc(-c4ccccc4)cc3)c(C(F)(F)F)oc2c1. The minimum atomic E-state index is -5.00. The van der Waals surface area contributed by atoms with Crippen molar-refractivity contribution >= 4 is 16.9 Å². The Balaban J connectivity index is 1.70. The molecule has 9 heteroatoms. The molecular formula is C25H17F3O6. The summed E-state index contributed by atoms with van der Waals surface area (Å²) in [4.78, 5) is 24.1. The Morgan fingerprint density at radius 2 is 1.56 bits per heavy atom. The summed E-state index contributed by atoms with van der Waals surface area (Å²) in [6.07, 6.45) is -5.00. The van der Waals surface area contributed by atoms with Crippen LogP contribution in [0.1, 0.15) is 5.76 Å². The second-order valence-corrected chi connectivity index (χ2v) is 7.10. The molecule has 0 amide bonds. The normalized spacial score (nSPS) is 11.3. The van der Waals surface area contributed by atoms with E-state index >= 15 is 0 Å². The molecule has 0 spiro atoms. The van der Waals surface area contributed by atoms with E-state index in [1.165, 1.54) is 24.3 Å². The van der Waals surface area contributed by atoms with E-state index in [0.29, 0.717) is 0 Å². The van der Waals surface area contributed by atoms with Gasteiger partial charge in [-0.25, -0.2) is 4.79 Å². The molecule has 34 heavy (non-hydrogen) atoms. The van der Waals surface area contributed by atoms with Gasteiger partial charge < -0.3 is 18.6 Å². The Morgan fingerprint density at radius 1 is 0.912 bits per heavy atom. The van der Waals surface area contributed by atoms with Gasteiger partial charge in [-0.05, 0) is 35.4 Å². The van der Waals surface area contributed by atoms with E-state index in [4.69, 9.17) is 13.9 Å². The van der Waals surface area contributed by atoms with Crippen molar-refractivity contribution in [2.45, 2.75) is 6.18 Å². The van der Waals surface area contributed by atoms with Crippen molar-refractivity contribution in [1.29, 1.82) is 0 Å². The average Bonchev–Trinajstić information content (AvgIpc) is 2.84. The summed E-state index contributed by atoms with van der Waals surface area (Å²) in [7, 11) is 1.16. The first kappa shape index (κ1) is 22.9. The van der Waals surface area contributed by atoms with Gasteiger partial charge in [0.2, 0.25) is 11.2 Å². The molecule has 0 saturated heterocycles. The maximum Gasteiger partial charge on any atom is 0.453 e. The topological polar surface area (TPSA) is 75.0 Å². The van der Waals surface area contributed by atoms with Gasteiger partial charge in [0, 0.05) is 6.07 Å². The Labute approximate surface area is 191 Å². The number of carbonyl (C=O) groups excluding carboxylic acids is 1. The van der Waals surface area contributed by atoms with Crippen LogP contribution in [-0.2, 0) is 15.7 Å². The summed E-state index contributed by atoms with van der Waals surface area (Å²) in [5.41, 5.74) is 0.376. The molecule has 1 aromatic heterocycles. The number of rotatable bonds is 6. The summed E-state index contributed by atoms with van der Waals surface area (Å²) in [6.45, 7) is -0.460. The van der Waals surface area contributed by atoms with Crippen LogP contribution < -0.4 is 14.9 Å². The van der Waals surface area contributed by atoms with Crippen molar-refractivity contribution in [3.63, 3.8) is 0 Å². The van der Waals surface area contributed by atoms with Crippen LogP contribution in [0.4, 0.5) is 13.2 Å². The van der Waals surface area contributed by atoms with Crippen molar-refractivity contribution in [3.8, 4) is 28.4 Å². The average molecular weight is 470 g/mol. The lowest BCUT2D eigenvalue weighted by Gasteiger charge is -2.14. The zero-order valence-electron chi connectivity index (χ0n) is 17.7. The molecule has 0 aliphatic carbocycles. The number of alkyl halides is 3. The van der Waals surface area contributed by atoms with Crippen LogP contribution in [0.3, 0.4) is 0 Å². The van der Waals surface area contributed by atoms with E-state index < -0.39 is 35.7 Å². The zero-order chi connectivity index (χ0) is 24.3. The third kappa shape index (κ3) is 4.88. The quantitative estimate of drug-likeness (QED) is 0.331. The van der Waals surface area contributed by atoms with E-state index in [9.17, 15) is 22.8 Å². The van der Waals surface area contributed by atoms with Crippen molar-refractivity contribution in [2.24, 2.45) is 0 Å². The lowest BCUT2D eigenvalue weighted by atomic mass is 10.1. The van der Waals surface area contributed by atoms with Crippen LogP contribution in [0.5, 0.6) is 17.2 Å². The number of hydrogen-bond acceptors (Lipinski definition) is 6. The zero-order valence-corrected chi connectivity index (χ0v) is 17.7. The Hall–Kier alpha value is -4.27. The minimum Gasteiger partial charge on any atom is -0.482 e. The number of esters is 1. The fourth-order valence-electron chi connectivity index (χ4n) is 3.19. The van der Waals surface area contributed by atoms with Gasteiger partial charge in [-0.15, -0.1) is 0 Å². The number of ether oxygens (including phenoxy) is 3. The van der Waals surface area contributed by atoms with Crippen molar-refractivity contribution in [3.05, 3.63) is 88.8 Å². The van der Waals surface area contributed by atoms with Crippen molar-refractivity contribution < 1.29 is 36.6 Å². The monoisotopic (exact) mass is 470 g/mol. The largest absolute Gasteiger partial charge is 0.482 e. The smallest absolute Gasteiger partial charge is 0.453 e. The molecule has 0 unspecified atom stereocenters. The lowest BCUT2D eigenvalue weighted by molar-refractivity contribution is -0.154. The summed E-state index contributed by atoms with van der Waals surface area (Å²) >= 11 is 0. The summed E-state index contributed by atoms with van der Waals surface area (Å²) in [5, 5.41) is -0.144. The van der Waals surface area contributed by atoms with Gasteiger partial charge in [-0.1, -0.05) is 42.5 Å². The first-order chi connectivity index (χ1) is 16.3. The van der Waals surface area contributed by atoms with Gasteiger partial charge in [0.05, 0.1) is 12.5 Å². The highest BCUT2D eigenvalue weighted by atomic mass is 19.4. The first-order valence-electron chi connectivity index (χ1n) is 9.97. The maximum atomic E-state index is 13.7. The van der Waals surface area contributed by atoms with Gasteiger partial charge in [0.15, 0.2) is 6.61 Å². The predicted molar refractivity (Wildman–Crippen MR) is 117 cm³/mol. The lowest BCUT2D eigenvalue weighted by Crippen LogP contribution is -2.16. The molecule has 4 rings (SSSR count). The molecule has 0 aliphatic heterocycles. The second kappa shape index (κ2) is 9.30. The minimum absolute atomic E-state index is 0.0272. The maximum absolute atomic E-state index is 13.7. The van der Waals surface area contributed by atoms with Gasteiger partial charge >= 0.3 is 12.1 Å². The third-order valence-electron chi connectivity index (χ3n) is 4.85. The number of hydrogen-bond donors (Lipinski definition) is 0. The fourth-order valence-corrected chi connectivity index (χ4v) is 3.19. The molecule has 0 atom stereocenters. The van der Waals surface area contributed by atoms with E-state index in [2.05, 4.69) is 4.74 Å². The number of halogens is 3. The van der Waals surface area contributed by atoms with Crippen LogP contribution in [0.15, 0.2) is 82.0 Å². The van der Waals surface area contributed by atoms with Gasteiger partial charge in [-0.3, -0.25) is 4.79 Å². The molecule has 0 radical (unpaired) electrons. The molecule has 6 nitrogen and oxygen atoms in total. The van der Waals surface area contributed by atoms with Gasteiger partial charge in [-0.2, -0.15) is 13.2 Å². The van der Waals surface area contributed by atoms with Crippen LogP contribution in [0, 0.1) is 0 Å². The molecule has 3 aromatic carbocycles. The highest BCUT2D eigenvalue weighted by Gasteiger charge is 2.40. The highest BCUT2D eigenvalue weighted by molar-refractivity contribution is 5.80. The molecule has 0 saturated carbocycles. The van der Waals surface area contributed by atoms with Crippen LogP contribution >= 0.6 is 0 Å². The Kier molecular flexibility index (Phi) is 6.27. The predicted octanol–water partition coefficient (Wildman–Crippen LogP) is 5.82. The second-order valence-electron chi connectivity index (χ2n) is 7.10. The van der Waals surface area contributed by atoms with Crippen LogP contribution in [0.2, 0.25) is 0 Å². The summed E-state index contributed by atoms with van der Waals surface area (Å²) in [6, 6.07) is 19.3. The Morgan fingerprint density at radius 3 is 2.21 bits per heavy atom. The molecule has 4 aromatic rings. The highest BCUT2D eigenvalue weighted by Crippen LogP contribution is 2.39. The molecule has 0 aliphatic rings. The van der Waals surface area contributed by atoms with Gasteiger partial charge in [0.25, 0.3) is 5.76 Å². The standard InChI is InChI=1S/C25H17F3O6/c1-31-21(29)14-32-18-11-12-19-20(13-18)34-24(25(26,27)28)23(22(19)30)33-17-9-7-16(8-10-17)15-5-3-2-4-6-15/h2-13H,14H2,1H3. The number of methoxy groups -OCH3 is 1. The number of fused-ring (bicyclic) bond motifs is 1. The molecule has 1 heterocycles. The van der Waals surface area contributed by atoms with E-state index in [1.807, 2.05) is 30.3 Å². The fraction of sp³-hybridized carbons (Fsp3) is 0.120. The van der Waals surface area contributed by atoms with Crippen LogP contribution in [0.25, 0.3) is 22.1 Å². The molecule has 0 N–H and O–H groups in total. The molecule has 0 bridgehead atoms. The van der Waals surface area contributed by atoms with E-state index in [1.54, 1.807) is 12.1 Å². The number of benzene rings is 3. The number of carbonyl (C=O) groups is 1. The van der Waals surface area contributed by atoms with Crippen molar-refractivity contribution in [1.82, 2.24) is 0 Å². The Bertz CT molecular complexity index is 1380. The first-order valence-corrected chi connectivity index (χ1v) is 9.97. The van der Waals surface area contributed by atoms with Gasteiger partial charge in [0.1, 0.15) is 17.1 Å². The van der Waals surface area contributed by atoms with E-state index in [0.717, 1.165) is 24.3 Å². The van der Waals surface area contributed by atoms with Crippen molar-refractivity contribution in [2.75, 3.05) is 13.7 Å². The molecule has 0 fully saturated rings. The molecule has 174 valence electrons. The van der Waals surface area contributed by atoms with Crippen LogP contribution in [-0.4, -0.2) is 19.7 Å².